The minimum Gasteiger partial charge on any atom is -0.744 e. The quantitative estimate of drug-likeness (QED) is 0.336. The molecule has 0 saturated heterocycles. The van der Waals surface area contributed by atoms with Crippen LogP contribution in [0.25, 0.3) is 0 Å². The summed E-state index contributed by atoms with van der Waals surface area (Å²) in [4.78, 5) is 0. The average Bonchev–Trinajstić information content (AvgIpc) is 2.08. The second-order valence-electron chi connectivity index (χ2n) is 3.42. The van der Waals surface area contributed by atoms with Gasteiger partial charge in [0.1, 0.15) is 10.1 Å². The van der Waals surface area contributed by atoms with Gasteiger partial charge in [-0.3, -0.25) is 0 Å². The predicted octanol–water partition coefficient (Wildman–Crippen LogP) is -0.200. The van der Waals surface area contributed by atoms with E-state index in [0.717, 1.165) is 18.2 Å². The molecule has 0 rings (SSSR count). The summed E-state index contributed by atoms with van der Waals surface area (Å²) >= 11 is 0. The molecule has 0 atom stereocenters. The third kappa shape index (κ3) is 17.3. The van der Waals surface area contributed by atoms with E-state index in [4.69, 9.17) is 0 Å². The second kappa shape index (κ2) is 11.1. The average molecular weight is 242 g/mol. The van der Waals surface area contributed by atoms with Gasteiger partial charge in [-0.2, -0.15) is 0 Å². The van der Waals surface area contributed by atoms with Crippen molar-refractivity contribution in [1.82, 2.24) is 0 Å². The Balaban J connectivity index is 0. The first-order chi connectivity index (χ1) is 6.56. The molecule has 15 heavy (non-hydrogen) atoms. The van der Waals surface area contributed by atoms with Crippen molar-refractivity contribution in [2.45, 2.75) is 51.9 Å². The van der Waals surface area contributed by atoms with E-state index in [1.807, 2.05) is 0 Å². The Morgan fingerprint density at radius 3 is 2.13 bits per heavy atom. The van der Waals surface area contributed by atoms with Crippen LogP contribution in [0.2, 0.25) is 0 Å². The van der Waals surface area contributed by atoms with Crippen molar-refractivity contribution in [1.29, 1.82) is 0 Å². The van der Waals surface area contributed by atoms with Crippen molar-refractivity contribution in [2.75, 3.05) is 0 Å². The predicted molar refractivity (Wildman–Crippen MR) is 56.8 cm³/mol. The molecular formula is C10H19NaO3S. The summed E-state index contributed by atoms with van der Waals surface area (Å²) in [6, 6.07) is 0. The third-order valence-corrected chi connectivity index (χ3v) is 2.51. The van der Waals surface area contributed by atoms with Crippen LogP contribution in [0.5, 0.6) is 0 Å². The van der Waals surface area contributed by atoms with Crippen LogP contribution in [-0.4, -0.2) is 13.0 Å². The minimum absolute atomic E-state index is 0. The van der Waals surface area contributed by atoms with Gasteiger partial charge in [-0.05, 0) is 12.8 Å². The third-order valence-electron chi connectivity index (χ3n) is 1.99. The van der Waals surface area contributed by atoms with Crippen molar-refractivity contribution in [3.05, 3.63) is 11.5 Å². The first kappa shape index (κ1) is 18.0. The molecule has 0 spiro atoms. The van der Waals surface area contributed by atoms with Crippen LogP contribution in [0.3, 0.4) is 0 Å². The molecule has 0 aliphatic carbocycles. The summed E-state index contributed by atoms with van der Waals surface area (Å²) in [6.45, 7) is 2.17. The molecule has 0 aliphatic rings. The summed E-state index contributed by atoms with van der Waals surface area (Å²) in [5, 5.41) is 0.749. The van der Waals surface area contributed by atoms with Gasteiger partial charge in [0.25, 0.3) is 0 Å². The molecule has 0 bridgehead atoms. The van der Waals surface area contributed by atoms with Crippen molar-refractivity contribution in [2.24, 2.45) is 0 Å². The molecule has 0 unspecified atom stereocenters. The van der Waals surface area contributed by atoms with E-state index >= 15 is 0 Å². The van der Waals surface area contributed by atoms with Gasteiger partial charge < -0.3 is 4.55 Å². The monoisotopic (exact) mass is 242 g/mol. The minimum atomic E-state index is -4.16. The maximum Gasteiger partial charge on any atom is 1.00 e. The van der Waals surface area contributed by atoms with E-state index < -0.39 is 10.1 Å². The van der Waals surface area contributed by atoms with E-state index in [1.54, 1.807) is 0 Å². The molecule has 0 aromatic heterocycles. The number of allylic oxidation sites excluding steroid dienone is 1. The van der Waals surface area contributed by atoms with Gasteiger partial charge in [0.2, 0.25) is 0 Å². The van der Waals surface area contributed by atoms with Gasteiger partial charge in [0.05, 0.1) is 0 Å². The molecule has 3 nitrogen and oxygen atoms in total. The van der Waals surface area contributed by atoms with E-state index in [-0.39, 0.29) is 29.6 Å². The molecule has 0 saturated carbocycles. The second-order valence-corrected chi connectivity index (χ2v) is 4.68. The van der Waals surface area contributed by atoms with Gasteiger partial charge in [-0.25, -0.2) is 8.42 Å². The first-order valence-electron chi connectivity index (χ1n) is 5.18. The SMILES string of the molecule is CCCCCCCCC=CS(=O)(=O)[O-].[Na+]. The van der Waals surface area contributed by atoms with Gasteiger partial charge in [0, 0.05) is 5.41 Å². The molecule has 0 fully saturated rings. The largest absolute Gasteiger partial charge is 1.00 e. The van der Waals surface area contributed by atoms with Crippen LogP contribution in [-0.2, 0) is 10.1 Å². The first-order valence-corrected chi connectivity index (χ1v) is 6.66. The van der Waals surface area contributed by atoms with E-state index in [0.29, 0.717) is 6.42 Å². The molecular weight excluding hydrogens is 223 g/mol. The molecule has 5 heteroatoms. The van der Waals surface area contributed by atoms with Crippen LogP contribution in [0.1, 0.15) is 51.9 Å². The number of hydrogen-bond acceptors (Lipinski definition) is 3. The van der Waals surface area contributed by atoms with Gasteiger partial charge >= 0.3 is 29.6 Å². The summed E-state index contributed by atoms with van der Waals surface area (Å²) in [5.41, 5.74) is 0. The summed E-state index contributed by atoms with van der Waals surface area (Å²) < 4.78 is 30.5. The maximum atomic E-state index is 10.2. The fraction of sp³-hybridized carbons (Fsp3) is 0.800. The summed E-state index contributed by atoms with van der Waals surface area (Å²) in [6.07, 6.45) is 9.17. The standard InChI is InChI=1S/C10H20O3S.Na/c1-2-3-4-5-6-7-8-9-10-14(11,12)13;/h9-10H,2-8H2,1H3,(H,11,12,13);/q;+1/p-1. The van der Waals surface area contributed by atoms with E-state index in [9.17, 15) is 13.0 Å². The Labute approximate surface area is 115 Å². The Bertz CT molecular complexity index is 247. The molecule has 0 radical (unpaired) electrons. The molecule has 0 aromatic rings. The van der Waals surface area contributed by atoms with Crippen molar-refractivity contribution < 1.29 is 42.5 Å². The van der Waals surface area contributed by atoms with Gasteiger partial charge in [0.15, 0.2) is 0 Å². The number of hydrogen-bond donors (Lipinski definition) is 0. The van der Waals surface area contributed by atoms with Crippen molar-refractivity contribution in [3.63, 3.8) is 0 Å². The molecule has 0 N–H and O–H groups in total. The Kier molecular flexibility index (Phi) is 13.4. The van der Waals surface area contributed by atoms with Crippen molar-refractivity contribution >= 4 is 10.1 Å². The van der Waals surface area contributed by atoms with Crippen LogP contribution < -0.4 is 29.6 Å². The molecule has 0 aromatic carbocycles. The van der Waals surface area contributed by atoms with Crippen LogP contribution in [0.4, 0.5) is 0 Å². The van der Waals surface area contributed by atoms with Gasteiger partial charge in [-0.15, -0.1) is 0 Å². The van der Waals surface area contributed by atoms with Crippen LogP contribution in [0.15, 0.2) is 11.5 Å². The molecule has 0 aliphatic heterocycles. The summed E-state index contributed by atoms with van der Waals surface area (Å²) in [7, 11) is -4.16. The normalized spacial score (nSPS) is 11.6. The zero-order valence-electron chi connectivity index (χ0n) is 9.74. The summed E-state index contributed by atoms with van der Waals surface area (Å²) in [5.74, 6) is 0. The zero-order chi connectivity index (χ0) is 10.9. The molecule has 84 valence electrons. The fourth-order valence-corrected chi connectivity index (χ4v) is 1.60. The Morgan fingerprint density at radius 1 is 1.07 bits per heavy atom. The van der Waals surface area contributed by atoms with Crippen molar-refractivity contribution in [3.8, 4) is 0 Å². The Morgan fingerprint density at radius 2 is 1.60 bits per heavy atom. The van der Waals surface area contributed by atoms with Crippen LogP contribution in [0, 0.1) is 0 Å². The number of unbranched alkanes of at least 4 members (excludes halogenated alkanes) is 6. The number of rotatable bonds is 8. The molecule has 0 amide bonds. The van der Waals surface area contributed by atoms with E-state index in [2.05, 4.69) is 6.92 Å². The topological polar surface area (TPSA) is 57.2 Å². The fourth-order valence-electron chi connectivity index (χ4n) is 1.23. The Hall–Kier alpha value is 0.650. The molecule has 0 heterocycles. The maximum absolute atomic E-state index is 10.2. The van der Waals surface area contributed by atoms with Gasteiger partial charge in [-0.1, -0.05) is 45.1 Å². The zero-order valence-corrected chi connectivity index (χ0v) is 12.6. The smallest absolute Gasteiger partial charge is 0.744 e. The van der Waals surface area contributed by atoms with E-state index in [1.165, 1.54) is 31.8 Å². The van der Waals surface area contributed by atoms with Crippen LogP contribution >= 0.6 is 0 Å².